The van der Waals surface area contributed by atoms with E-state index in [-0.39, 0.29) is 12.5 Å². The average Bonchev–Trinajstić information content (AvgIpc) is 2.24. The van der Waals surface area contributed by atoms with Crippen molar-refractivity contribution in [2.45, 2.75) is 26.0 Å². The summed E-state index contributed by atoms with van der Waals surface area (Å²) in [6.07, 6.45) is 2.01. The summed E-state index contributed by atoms with van der Waals surface area (Å²) < 4.78 is 19.9. The topological polar surface area (TPSA) is 105 Å². The van der Waals surface area contributed by atoms with E-state index in [4.69, 9.17) is 4.89 Å². The summed E-state index contributed by atoms with van der Waals surface area (Å²) in [5, 5.41) is 12.0. The van der Waals surface area contributed by atoms with E-state index >= 15 is 0 Å². The Morgan fingerprint density at radius 1 is 1.59 bits per heavy atom. The minimum absolute atomic E-state index is 0.341. The largest absolute Gasteiger partial charge is 0.471 e. The van der Waals surface area contributed by atoms with Crippen LogP contribution in [0, 0.1) is 0 Å². The van der Waals surface area contributed by atoms with Gasteiger partial charge in [-0.25, -0.2) is 4.57 Å². The number of aliphatic hydroxyl groups excluding tert-OH is 1. The van der Waals surface area contributed by atoms with Crippen molar-refractivity contribution in [3.05, 3.63) is 12.2 Å². The highest BCUT2D eigenvalue weighted by Gasteiger charge is 2.24. The third-order valence-electron chi connectivity index (χ3n) is 1.84. The molecule has 0 fully saturated rings. The van der Waals surface area contributed by atoms with Crippen LogP contribution in [0.15, 0.2) is 12.2 Å². The Balaban J connectivity index is 4.49. The van der Waals surface area contributed by atoms with Gasteiger partial charge in [0.25, 0.3) is 0 Å². The molecule has 8 heteroatoms. The molecule has 0 rings (SSSR count). The first-order valence-electron chi connectivity index (χ1n) is 4.93. The van der Waals surface area contributed by atoms with Gasteiger partial charge < -0.3 is 15.3 Å². The van der Waals surface area contributed by atoms with Crippen molar-refractivity contribution in [1.82, 2.24) is 5.32 Å². The number of amides is 1. The van der Waals surface area contributed by atoms with Crippen LogP contribution in [0.4, 0.5) is 0 Å². The summed E-state index contributed by atoms with van der Waals surface area (Å²) in [6.45, 7) is 2.62. The smallest absolute Gasteiger partial charge is 0.387 e. The van der Waals surface area contributed by atoms with E-state index in [2.05, 4.69) is 14.4 Å². The summed E-state index contributed by atoms with van der Waals surface area (Å²) in [6, 6.07) is -0.820. The first-order valence-corrected chi connectivity index (χ1v) is 6.43. The fourth-order valence-electron chi connectivity index (χ4n) is 1.05. The molecule has 17 heavy (non-hydrogen) atoms. The van der Waals surface area contributed by atoms with Gasteiger partial charge in [-0.3, -0.25) is 13.8 Å². The van der Waals surface area contributed by atoms with Crippen LogP contribution in [0.25, 0.3) is 0 Å². The molecule has 7 nitrogen and oxygen atoms in total. The average molecular weight is 267 g/mol. The zero-order valence-electron chi connectivity index (χ0n) is 9.99. The van der Waals surface area contributed by atoms with Crippen molar-refractivity contribution in [3.8, 4) is 0 Å². The number of carbonyl (C=O) groups is 1. The third kappa shape index (κ3) is 7.25. The van der Waals surface area contributed by atoms with Crippen LogP contribution in [0.3, 0.4) is 0 Å². The van der Waals surface area contributed by atoms with Crippen LogP contribution < -0.4 is 5.32 Å². The Bertz CT molecular complexity index is 319. The summed E-state index contributed by atoms with van der Waals surface area (Å²) in [5.41, 5.74) is 0. The van der Waals surface area contributed by atoms with Crippen LogP contribution in [-0.2, 0) is 18.4 Å². The van der Waals surface area contributed by atoms with Gasteiger partial charge in [0.05, 0.1) is 18.8 Å². The molecule has 1 unspecified atom stereocenters. The standard InChI is InChI=1S/C9H18NO6P/c1-4-5-9(12)8(10-7(2)11)6-16-17(13,14)15-3/h4-5,8-9,12H,6H2,1-3H3,(H,10,11)(H,13,14)/b5-4+/t8-,9+/m0/s1. The minimum atomic E-state index is -4.12. The molecule has 0 radical (unpaired) electrons. The summed E-state index contributed by atoms with van der Waals surface area (Å²) in [5.74, 6) is -0.382. The van der Waals surface area contributed by atoms with Crippen LogP contribution >= 0.6 is 7.82 Å². The van der Waals surface area contributed by atoms with Gasteiger partial charge in [-0.1, -0.05) is 12.2 Å². The molecule has 0 aliphatic heterocycles. The predicted molar refractivity (Wildman–Crippen MR) is 61.2 cm³/mol. The first kappa shape index (κ1) is 16.3. The predicted octanol–water partition coefficient (Wildman–Crippen LogP) is 0.191. The number of carbonyl (C=O) groups excluding carboxylic acids is 1. The van der Waals surface area contributed by atoms with E-state index in [9.17, 15) is 14.5 Å². The number of allylic oxidation sites excluding steroid dienone is 1. The van der Waals surface area contributed by atoms with Crippen molar-refractivity contribution in [3.63, 3.8) is 0 Å². The fraction of sp³-hybridized carbons (Fsp3) is 0.667. The molecule has 0 heterocycles. The molecule has 0 bridgehead atoms. The van der Waals surface area contributed by atoms with E-state index < -0.39 is 20.0 Å². The van der Waals surface area contributed by atoms with Gasteiger partial charge in [0.1, 0.15) is 0 Å². The van der Waals surface area contributed by atoms with E-state index in [0.717, 1.165) is 7.11 Å². The molecule has 0 aliphatic carbocycles. The molecule has 100 valence electrons. The number of aliphatic hydroxyl groups is 1. The van der Waals surface area contributed by atoms with Crippen LogP contribution in [-0.4, -0.2) is 41.8 Å². The lowest BCUT2D eigenvalue weighted by atomic mass is 10.1. The molecule has 0 aliphatic rings. The van der Waals surface area contributed by atoms with Crippen LogP contribution in [0.1, 0.15) is 13.8 Å². The Morgan fingerprint density at radius 3 is 2.59 bits per heavy atom. The highest BCUT2D eigenvalue weighted by atomic mass is 31.2. The van der Waals surface area contributed by atoms with Gasteiger partial charge >= 0.3 is 7.82 Å². The molecule has 3 atom stereocenters. The van der Waals surface area contributed by atoms with Gasteiger partial charge in [-0.15, -0.1) is 0 Å². The van der Waals surface area contributed by atoms with Gasteiger partial charge in [-0.05, 0) is 6.92 Å². The van der Waals surface area contributed by atoms with Crippen molar-refractivity contribution >= 4 is 13.7 Å². The van der Waals surface area contributed by atoms with Gasteiger partial charge in [0.2, 0.25) is 5.91 Å². The van der Waals surface area contributed by atoms with E-state index in [1.54, 1.807) is 13.0 Å². The molecule has 3 N–H and O–H groups in total. The molecule has 0 saturated heterocycles. The highest BCUT2D eigenvalue weighted by Crippen LogP contribution is 2.41. The lowest BCUT2D eigenvalue weighted by Gasteiger charge is -2.22. The number of phosphoric acid groups is 1. The summed E-state index contributed by atoms with van der Waals surface area (Å²) in [7, 11) is -3.09. The Morgan fingerprint density at radius 2 is 2.18 bits per heavy atom. The maximum Gasteiger partial charge on any atom is 0.471 e. The maximum atomic E-state index is 11.1. The second-order valence-corrected chi connectivity index (χ2v) is 4.83. The molecule has 1 amide bonds. The maximum absolute atomic E-state index is 11.1. The number of nitrogens with one attached hydrogen (secondary N) is 1. The summed E-state index contributed by atoms with van der Waals surface area (Å²) >= 11 is 0. The quantitative estimate of drug-likeness (QED) is 0.449. The SMILES string of the molecule is C/C=C/[C@@H](O)[C@H](COP(=O)(O)OC)NC(C)=O. The third-order valence-corrected chi connectivity index (χ3v) is 2.78. The van der Waals surface area contributed by atoms with Crippen molar-refractivity contribution in [2.24, 2.45) is 0 Å². The number of rotatable bonds is 7. The molecule has 0 aromatic heterocycles. The Hall–Kier alpha value is -0.720. The van der Waals surface area contributed by atoms with E-state index in [0.29, 0.717) is 0 Å². The van der Waals surface area contributed by atoms with E-state index in [1.165, 1.54) is 13.0 Å². The molecule has 0 saturated carbocycles. The van der Waals surface area contributed by atoms with Gasteiger partial charge in [0, 0.05) is 14.0 Å². The van der Waals surface area contributed by atoms with Crippen molar-refractivity contribution < 1.29 is 28.4 Å². The second kappa shape index (κ2) is 7.58. The van der Waals surface area contributed by atoms with Crippen molar-refractivity contribution in [2.75, 3.05) is 13.7 Å². The normalized spacial score (nSPS) is 18.6. The summed E-state index contributed by atoms with van der Waals surface area (Å²) in [4.78, 5) is 19.9. The zero-order chi connectivity index (χ0) is 13.5. The number of hydrogen-bond donors (Lipinski definition) is 3. The fourth-order valence-corrected chi connectivity index (χ4v) is 1.50. The monoisotopic (exact) mass is 267 g/mol. The lowest BCUT2D eigenvalue weighted by Crippen LogP contribution is -2.44. The van der Waals surface area contributed by atoms with Gasteiger partial charge in [-0.2, -0.15) is 0 Å². The number of hydrogen-bond acceptors (Lipinski definition) is 5. The van der Waals surface area contributed by atoms with Crippen LogP contribution in [0.5, 0.6) is 0 Å². The highest BCUT2D eigenvalue weighted by molar-refractivity contribution is 7.47. The molecular formula is C9H18NO6P. The van der Waals surface area contributed by atoms with Crippen molar-refractivity contribution in [1.29, 1.82) is 0 Å². The lowest BCUT2D eigenvalue weighted by molar-refractivity contribution is -0.120. The second-order valence-electron chi connectivity index (χ2n) is 3.27. The van der Waals surface area contributed by atoms with Crippen LogP contribution in [0.2, 0.25) is 0 Å². The number of phosphoric ester groups is 1. The molecule has 0 aromatic rings. The van der Waals surface area contributed by atoms with Gasteiger partial charge in [0.15, 0.2) is 0 Å². The minimum Gasteiger partial charge on any atom is -0.387 e. The zero-order valence-corrected chi connectivity index (χ0v) is 10.9. The van der Waals surface area contributed by atoms with E-state index in [1.807, 2.05) is 0 Å². The molecular weight excluding hydrogens is 249 g/mol. The molecule has 0 spiro atoms. The Labute approximate surface area is 100 Å². The Kier molecular flexibility index (Phi) is 7.26. The first-order chi connectivity index (χ1) is 7.82. The molecule has 0 aromatic carbocycles.